The molecule has 0 aromatic heterocycles. The fraction of sp³-hybridized carbons (Fsp3) is 0.125. The number of hydrogen-bond donors (Lipinski definition) is 0. The van der Waals surface area contributed by atoms with E-state index in [2.05, 4.69) is 49.6 Å². The van der Waals surface area contributed by atoms with E-state index in [1.807, 2.05) is 12.2 Å². The molecule has 0 fully saturated rings. The van der Waals surface area contributed by atoms with Crippen LogP contribution in [0, 0.1) is 0 Å². The predicted molar refractivity (Wildman–Crippen MR) is 71.8 cm³/mol. The Balaban J connectivity index is 2.62. The minimum absolute atomic E-state index is 0.922. The van der Waals surface area contributed by atoms with Gasteiger partial charge in [0, 0.05) is 0 Å². The smallest absolute Gasteiger partial charge is 0.00939 e. The predicted octanol–water partition coefficient (Wildman–Crippen LogP) is 4.30. The third kappa shape index (κ3) is 2.06. The van der Waals surface area contributed by atoms with Crippen LogP contribution in [-0.2, 0) is 12.8 Å². The van der Waals surface area contributed by atoms with Crippen molar-refractivity contribution in [2.24, 2.45) is 0 Å². The molecule has 0 aliphatic heterocycles. The van der Waals surface area contributed by atoms with Gasteiger partial charge in [-0.05, 0) is 34.7 Å². The van der Waals surface area contributed by atoms with Gasteiger partial charge < -0.3 is 0 Å². The second-order valence-corrected chi connectivity index (χ2v) is 3.96. The zero-order chi connectivity index (χ0) is 11.4. The molecule has 0 N–H and O–H groups in total. The molecule has 0 aliphatic carbocycles. The molecule has 0 spiro atoms. The third-order valence-corrected chi connectivity index (χ3v) is 2.75. The maximum atomic E-state index is 3.82. The van der Waals surface area contributed by atoms with Gasteiger partial charge >= 0.3 is 0 Å². The quantitative estimate of drug-likeness (QED) is 0.657. The fourth-order valence-electron chi connectivity index (χ4n) is 2.07. The first-order chi connectivity index (χ1) is 7.85. The standard InChI is InChI=1S/C16H16/c1-3-7-13-11-14(8-4-2)16-10-6-5-9-15(16)12-13/h3-6,9-12H,1-2,7-8H2. The molecule has 2 aromatic carbocycles. The third-order valence-electron chi connectivity index (χ3n) is 2.75. The zero-order valence-corrected chi connectivity index (χ0v) is 9.45. The summed E-state index contributed by atoms with van der Waals surface area (Å²) in [5.74, 6) is 0. The highest BCUT2D eigenvalue weighted by Gasteiger charge is 2.01. The van der Waals surface area contributed by atoms with E-state index in [1.54, 1.807) is 0 Å². The lowest BCUT2D eigenvalue weighted by Gasteiger charge is -2.07. The maximum Gasteiger partial charge on any atom is -0.00939 e. The second kappa shape index (κ2) is 4.80. The number of fused-ring (bicyclic) bond motifs is 1. The Morgan fingerprint density at radius 3 is 2.44 bits per heavy atom. The summed E-state index contributed by atoms with van der Waals surface area (Å²) in [5, 5.41) is 2.63. The van der Waals surface area contributed by atoms with E-state index in [1.165, 1.54) is 21.9 Å². The van der Waals surface area contributed by atoms with Gasteiger partial charge in [0.05, 0.1) is 0 Å². The van der Waals surface area contributed by atoms with Gasteiger partial charge in [-0.1, -0.05) is 48.6 Å². The second-order valence-electron chi connectivity index (χ2n) is 3.96. The highest BCUT2D eigenvalue weighted by molar-refractivity contribution is 5.86. The summed E-state index contributed by atoms with van der Waals surface area (Å²) in [6, 6.07) is 13.0. The lowest BCUT2D eigenvalue weighted by atomic mass is 9.97. The van der Waals surface area contributed by atoms with Crippen molar-refractivity contribution in [2.45, 2.75) is 12.8 Å². The molecule has 80 valence electrons. The first-order valence-electron chi connectivity index (χ1n) is 5.57. The van der Waals surface area contributed by atoms with Crippen LogP contribution in [0.3, 0.4) is 0 Å². The summed E-state index contributed by atoms with van der Waals surface area (Å²) >= 11 is 0. The van der Waals surface area contributed by atoms with Crippen LogP contribution in [0.2, 0.25) is 0 Å². The van der Waals surface area contributed by atoms with Gasteiger partial charge in [0.1, 0.15) is 0 Å². The van der Waals surface area contributed by atoms with Crippen LogP contribution in [0.4, 0.5) is 0 Å². The first-order valence-corrected chi connectivity index (χ1v) is 5.57. The Hall–Kier alpha value is -1.82. The van der Waals surface area contributed by atoms with Crippen LogP contribution in [-0.4, -0.2) is 0 Å². The van der Waals surface area contributed by atoms with E-state index < -0.39 is 0 Å². The summed E-state index contributed by atoms with van der Waals surface area (Å²) in [4.78, 5) is 0. The van der Waals surface area contributed by atoms with E-state index in [9.17, 15) is 0 Å². The topological polar surface area (TPSA) is 0 Å². The van der Waals surface area contributed by atoms with Crippen molar-refractivity contribution in [1.29, 1.82) is 0 Å². The van der Waals surface area contributed by atoms with Crippen LogP contribution in [0.15, 0.2) is 61.7 Å². The molecule has 0 amide bonds. The molecular weight excluding hydrogens is 192 g/mol. The van der Waals surface area contributed by atoms with Gasteiger partial charge in [-0.15, -0.1) is 13.2 Å². The number of benzene rings is 2. The molecule has 0 saturated heterocycles. The lowest BCUT2D eigenvalue weighted by Crippen LogP contribution is -1.89. The van der Waals surface area contributed by atoms with Crippen molar-refractivity contribution < 1.29 is 0 Å². The molecule has 0 aliphatic rings. The normalized spacial score (nSPS) is 10.2. The highest BCUT2D eigenvalue weighted by atomic mass is 14.1. The molecule has 0 unspecified atom stereocenters. The minimum Gasteiger partial charge on any atom is -0.103 e. The van der Waals surface area contributed by atoms with Crippen LogP contribution in [0.5, 0.6) is 0 Å². The summed E-state index contributed by atoms with van der Waals surface area (Å²) in [6.45, 7) is 7.61. The minimum atomic E-state index is 0.922. The molecule has 0 bridgehead atoms. The van der Waals surface area contributed by atoms with Gasteiger partial charge in [0.15, 0.2) is 0 Å². The molecule has 0 saturated carbocycles. The van der Waals surface area contributed by atoms with Crippen molar-refractivity contribution in [2.75, 3.05) is 0 Å². The van der Waals surface area contributed by atoms with Crippen molar-refractivity contribution in [1.82, 2.24) is 0 Å². The van der Waals surface area contributed by atoms with Crippen LogP contribution in [0.1, 0.15) is 11.1 Å². The molecule has 0 nitrogen and oxygen atoms in total. The SMILES string of the molecule is C=CCc1cc(CC=C)c2ccccc2c1. The van der Waals surface area contributed by atoms with E-state index in [4.69, 9.17) is 0 Å². The van der Waals surface area contributed by atoms with E-state index in [0.29, 0.717) is 0 Å². The maximum absolute atomic E-state index is 3.82. The molecule has 16 heavy (non-hydrogen) atoms. The average molecular weight is 208 g/mol. The van der Waals surface area contributed by atoms with Gasteiger partial charge in [0.25, 0.3) is 0 Å². The first kappa shape index (κ1) is 10.7. The van der Waals surface area contributed by atoms with Gasteiger partial charge in [-0.3, -0.25) is 0 Å². The van der Waals surface area contributed by atoms with Crippen molar-refractivity contribution >= 4 is 10.8 Å². The Labute approximate surface area is 96.9 Å². The molecule has 0 heterocycles. The van der Waals surface area contributed by atoms with E-state index in [0.717, 1.165) is 12.8 Å². The van der Waals surface area contributed by atoms with Crippen LogP contribution in [0.25, 0.3) is 10.8 Å². The van der Waals surface area contributed by atoms with Crippen LogP contribution >= 0.6 is 0 Å². The van der Waals surface area contributed by atoms with Crippen molar-refractivity contribution in [3.63, 3.8) is 0 Å². The highest BCUT2D eigenvalue weighted by Crippen LogP contribution is 2.22. The van der Waals surface area contributed by atoms with Gasteiger partial charge in [0.2, 0.25) is 0 Å². The summed E-state index contributed by atoms with van der Waals surface area (Å²) in [6.07, 6.45) is 5.75. The molecule has 2 rings (SSSR count). The van der Waals surface area contributed by atoms with Gasteiger partial charge in [-0.2, -0.15) is 0 Å². The van der Waals surface area contributed by atoms with E-state index >= 15 is 0 Å². The van der Waals surface area contributed by atoms with E-state index in [-0.39, 0.29) is 0 Å². The van der Waals surface area contributed by atoms with Crippen molar-refractivity contribution in [3.05, 3.63) is 72.8 Å². The Kier molecular flexibility index (Phi) is 3.21. The molecule has 0 atom stereocenters. The largest absolute Gasteiger partial charge is 0.103 e. The summed E-state index contributed by atoms with van der Waals surface area (Å²) < 4.78 is 0. The monoisotopic (exact) mass is 208 g/mol. The van der Waals surface area contributed by atoms with Crippen LogP contribution < -0.4 is 0 Å². The Morgan fingerprint density at radius 1 is 0.938 bits per heavy atom. The molecule has 2 aromatic rings. The molecule has 0 radical (unpaired) electrons. The van der Waals surface area contributed by atoms with Gasteiger partial charge in [-0.25, -0.2) is 0 Å². The zero-order valence-electron chi connectivity index (χ0n) is 9.45. The van der Waals surface area contributed by atoms with Crippen molar-refractivity contribution in [3.8, 4) is 0 Å². The fourth-order valence-corrected chi connectivity index (χ4v) is 2.07. The number of allylic oxidation sites excluding steroid dienone is 2. The average Bonchev–Trinajstić information content (AvgIpc) is 2.30. The molecule has 0 heteroatoms. The Bertz CT molecular complexity index is 521. The Morgan fingerprint density at radius 2 is 1.69 bits per heavy atom. The summed E-state index contributed by atoms with van der Waals surface area (Å²) in [7, 11) is 0. The number of hydrogen-bond acceptors (Lipinski definition) is 0. The number of rotatable bonds is 4. The lowest BCUT2D eigenvalue weighted by molar-refractivity contribution is 1.23. The summed E-state index contributed by atoms with van der Waals surface area (Å²) in [5.41, 5.74) is 2.68. The molecular formula is C16H16.